The van der Waals surface area contributed by atoms with Gasteiger partial charge >= 0.3 is 0 Å². The van der Waals surface area contributed by atoms with Crippen LogP contribution in [0.5, 0.6) is 0 Å². The molecule has 2 aliphatic heterocycles. The van der Waals surface area contributed by atoms with Gasteiger partial charge in [-0.25, -0.2) is 4.99 Å². The monoisotopic (exact) mass is 123 g/mol. The average molecular weight is 123 g/mol. The number of hydrazine groups is 2. The van der Waals surface area contributed by atoms with Gasteiger partial charge in [-0.2, -0.15) is 10.2 Å². The van der Waals surface area contributed by atoms with Crippen LogP contribution in [0.3, 0.4) is 0 Å². The van der Waals surface area contributed by atoms with Gasteiger partial charge in [-0.15, -0.1) is 5.10 Å². The van der Waals surface area contributed by atoms with Crippen LogP contribution < -0.4 is 5.43 Å². The minimum absolute atomic E-state index is 1.58. The second-order valence-corrected chi connectivity index (χ2v) is 1.60. The normalized spacial score (nSPS) is 20.4. The highest BCUT2D eigenvalue weighted by Gasteiger charge is 2.11. The highest BCUT2D eigenvalue weighted by molar-refractivity contribution is 5.64. The first-order valence-electron chi connectivity index (χ1n) is 2.54. The van der Waals surface area contributed by atoms with Crippen molar-refractivity contribution in [1.29, 1.82) is 0 Å². The van der Waals surface area contributed by atoms with Crippen LogP contribution in [-0.2, 0) is 0 Å². The molecule has 9 heavy (non-hydrogen) atoms. The van der Waals surface area contributed by atoms with E-state index in [9.17, 15) is 0 Å². The summed E-state index contributed by atoms with van der Waals surface area (Å²) in [6.45, 7) is 0. The molecule has 0 atom stereocenters. The fraction of sp³-hybridized carbons (Fsp3) is 0. The molecule has 0 aromatic carbocycles. The predicted octanol–water partition coefficient (Wildman–Crippen LogP) is -0.520. The van der Waals surface area contributed by atoms with Gasteiger partial charge in [-0.3, -0.25) is 5.43 Å². The first-order chi connectivity index (χ1) is 4.47. The molecular weight excluding hydrogens is 118 g/mol. The number of hydrogen-bond acceptors (Lipinski definition) is 5. The van der Waals surface area contributed by atoms with Gasteiger partial charge in [0, 0.05) is 6.20 Å². The molecule has 0 aromatic heterocycles. The smallest absolute Gasteiger partial charge is 0.135 e. The van der Waals surface area contributed by atoms with Crippen molar-refractivity contribution in [3.63, 3.8) is 0 Å². The van der Waals surface area contributed by atoms with Crippen molar-refractivity contribution in [3.8, 4) is 0 Å². The minimum Gasteiger partial charge on any atom is -0.264 e. The lowest BCUT2D eigenvalue weighted by atomic mass is 10.8. The summed E-state index contributed by atoms with van der Waals surface area (Å²) in [6, 6.07) is 0. The van der Waals surface area contributed by atoms with E-state index in [1.165, 1.54) is 0 Å². The lowest BCUT2D eigenvalue weighted by Gasteiger charge is -2.21. The SMILES string of the molecule is C1=CN2N=CNN2C=N1. The van der Waals surface area contributed by atoms with Crippen LogP contribution in [0.25, 0.3) is 0 Å². The fourth-order valence-electron chi connectivity index (χ4n) is 0.655. The molecular formula is C4H5N5. The molecule has 5 nitrogen and oxygen atoms in total. The van der Waals surface area contributed by atoms with Crippen LogP contribution in [0.2, 0.25) is 0 Å². The zero-order valence-electron chi connectivity index (χ0n) is 4.60. The molecule has 0 amide bonds. The topological polar surface area (TPSA) is 43.2 Å². The molecule has 0 saturated heterocycles. The van der Waals surface area contributed by atoms with E-state index >= 15 is 0 Å². The highest BCUT2D eigenvalue weighted by Crippen LogP contribution is 2.02. The lowest BCUT2D eigenvalue weighted by molar-refractivity contribution is 0.111. The van der Waals surface area contributed by atoms with Crippen LogP contribution in [-0.4, -0.2) is 22.9 Å². The van der Waals surface area contributed by atoms with Crippen LogP contribution in [0, 0.1) is 0 Å². The Labute approximate surface area is 51.9 Å². The van der Waals surface area contributed by atoms with Gasteiger partial charge in [0.2, 0.25) is 0 Å². The summed E-state index contributed by atoms with van der Waals surface area (Å²) in [6.07, 6.45) is 6.63. The van der Waals surface area contributed by atoms with Crippen molar-refractivity contribution in [2.24, 2.45) is 10.1 Å². The summed E-state index contributed by atoms with van der Waals surface area (Å²) >= 11 is 0. The summed E-state index contributed by atoms with van der Waals surface area (Å²) in [7, 11) is 0. The van der Waals surface area contributed by atoms with Gasteiger partial charge in [0.15, 0.2) is 0 Å². The molecule has 0 aromatic rings. The molecule has 0 spiro atoms. The van der Waals surface area contributed by atoms with E-state index in [4.69, 9.17) is 0 Å². The maximum Gasteiger partial charge on any atom is 0.135 e. The molecule has 0 radical (unpaired) electrons. The maximum absolute atomic E-state index is 3.90. The molecule has 2 rings (SSSR count). The summed E-state index contributed by atoms with van der Waals surface area (Å²) in [5.41, 5.74) is 2.83. The second-order valence-electron chi connectivity index (χ2n) is 1.60. The van der Waals surface area contributed by atoms with Gasteiger partial charge in [-0.05, 0) is 0 Å². The minimum atomic E-state index is 1.58. The number of nitrogens with zero attached hydrogens (tertiary/aromatic N) is 4. The molecule has 0 bridgehead atoms. The number of aliphatic imine (C=N–C) groups is 1. The third kappa shape index (κ3) is 0.543. The summed E-state index contributed by atoms with van der Waals surface area (Å²) in [5, 5.41) is 7.19. The van der Waals surface area contributed by atoms with Crippen molar-refractivity contribution < 1.29 is 0 Å². The van der Waals surface area contributed by atoms with Crippen molar-refractivity contribution in [3.05, 3.63) is 12.4 Å². The van der Waals surface area contributed by atoms with Gasteiger partial charge in [0.1, 0.15) is 12.7 Å². The van der Waals surface area contributed by atoms with Crippen LogP contribution >= 0.6 is 0 Å². The Morgan fingerprint density at radius 3 is 3.33 bits per heavy atom. The number of nitrogens with one attached hydrogen (secondary N) is 1. The Morgan fingerprint density at radius 1 is 1.44 bits per heavy atom. The first kappa shape index (κ1) is 4.37. The van der Waals surface area contributed by atoms with Gasteiger partial charge < -0.3 is 0 Å². The van der Waals surface area contributed by atoms with E-state index < -0.39 is 0 Å². The third-order valence-electron chi connectivity index (χ3n) is 1.05. The van der Waals surface area contributed by atoms with Gasteiger partial charge in [-0.1, -0.05) is 0 Å². The molecule has 5 heteroatoms. The maximum atomic E-state index is 3.90. The van der Waals surface area contributed by atoms with E-state index in [0.29, 0.717) is 0 Å². The highest BCUT2D eigenvalue weighted by atomic mass is 15.9. The lowest BCUT2D eigenvalue weighted by Crippen LogP contribution is -2.39. The predicted molar refractivity (Wildman–Crippen MR) is 32.9 cm³/mol. The molecule has 0 saturated carbocycles. The zero-order chi connectivity index (χ0) is 6.10. The molecule has 0 aliphatic carbocycles. The Bertz CT molecular complexity index is 193. The van der Waals surface area contributed by atoms with Crippen LogP contribution in [0.4, 0.5) is 0 Å². The molecule has 2 aliphatic rings. The van der Waals surface area contributed by atoms with Crippen molar-refractivity contribution in [1.82, 2.24) is 15.7 Å². The van der Waals surface area contributed by atoms with Crippen LogP contribution in [0.15, 0.2) is 22.5 Å². The van der Waals surface area contributed by atoms with E-state index in [0.717, 1.165) is 0 Å². The molecule has 0 fully saturated rings. The zero-order valence-corrected chi connectivity index (χ0v) is 4.60. The number of hydrogen-bond donors (Lipinski definition) is 1. The van der Waals surface area contributed by atoms with Crippen molar-refractivity contribution >= 4 is 12.7 Å². The summed E-state index contributed by atoms with van der Waals surface area (Å²) in [5.74, 6) is 0. The Hall–Kier alpha value is -1.52. The van der Waals surface area contributed by atoms with Crippen molar-refractivity contribution in [2.45, 2.75) is 0 Å². The largest absolute Gasteiger partial charge is 0.264 e. The molecule has 1 N–H and O–H groups in total. The molecule has 2 heterocycles. The van der Waals surface area contributed by atoms with Crippen molar-refractivity contribution in [2.75, 3.05) is 0 Å². The summed E-state index contributed by atoms with van der Waals surface area (Å²) < 4.78 is 0. The van der Waals surface area contributed by atoms with Gasteiger partial charge in [0.25, 0.3) is 0 Å². The summed E-state index contributed by atoms with van der Waals surface area (Å²) in [4.78, 5) is 3.86. The van der Waals surface area contributed by atoms with E-state index in [1.54, 1.807) is 35.3 Å². The number of hydrazone groups is 1. The third-order valence-corrected chi connectivity index (χ3v) is 1.05. The molecule has 46 valence electrons. The Morgan fingerprint density at radius 2 is 2.44 bits per heavy atom. The quantitative estimate of drug-likeness (QED) is 0.471. The van der Waals surface area contributed by atoms with Gasteiger partial charge in [0.05, 0.1) is 6.20 Å². The fourth-order valence-corrected chi connectivity index (χ4v) is 0.655. The average Bonchev–Trinajstić information content (AvgIpc) is 2.33. The first-order valence-corrected chi connectivity index (χ1v) is 2.54. The number of rotatable bonds is 0. The van der Waals surface area contributed by atoms with E-state index in [-0.39, 0.29) is 0 Å². The Balaban J connectivity index is 2.25. The second kappa shape index (κ2) is 1.48. The Kier molecular flexibility index (Phi) is 0.717. The van der Waals surface area contributed by atoms with Crippen LogP contribution in [0.1, 0.15) is 0 Å². The number of fused-ring (bicyclic) bond motifs is 1. The molecule has 0 unspecified atom stereocenters. The van der Waals surface area contributed by atoms with E-state index in [1.807, 2.05) is 0 Å². The van der Waals surface area contributed by atoms with E-state index in [2.05, 4.69) is 15.5 Å². The standard InChI is InChI=1S/C4H5N5/c1-2-8-6-3-7-9(8)4-5-1/h1-4H,(H,6,7).